The number of pyridine rings is 1. The minimum atomic E-state index is -0.359. The molecular weight excluding hydrogens is 466 g/mol. The maximum absolute atomic E-state index is 12.9. The van der Waals surface area contributed by atoms with Crippen LogP contribution in [0.3, 0.4) is 0 Å². The first-order valence-corrected chi connectivity index (χ1v) is 12.1. The molecule has 2 aromatic heterocycles. The van der Waals surface area contributed by atoms with Crippen LogP contribution >= 0.6 is 0 Å². The molecule has 0 radical (unpaired) electrons. The lowest BCUT2D eigenvalue weighted by molar-refractivity contribution is -0.00758. The highest BCUT2D eigenvalue weighted by atomic mass is 16.6. The molecule has 36 heavy (non-hydrogen) atoms. The Morgan fingerprint density at radius 3 is 2.78 bits per heavy atom. The van der Waals surface area contributed by atoms with Crippen molar-refractivity contribution < 1.29 is 23.7 Å². The van der Waals surface area contributed by atoms with Crippen LogP contribution in [-0.4, -0.2) is 78.1 Å². The number of piperidine rings is 1. The minimum absolute atomic E-state index is 0.140. The number of rotatable bonds is 5. The number of anilines is 1. The lowest BCUT2D eigenvalue weighted by atomic mass is 9.91. The second-order valence-electron chi connectivity index (χ2n) is 9.15. The monoisotopic (exact) mass is 493 g/mol. The normalized spacial score (nSPS) is 21.7. The predicted molar refractivity (Wildman–Crippen MR) is 130 cm³/mol. The SMILES string of the molecule is COc1cnc2ccc(=O)n(CCN3CC[C@@H]4CN(c5ccc6c(c5)OCCO6)C(=O)O[C@H]4C3)c2n1. The second-order valence-corrected chi connectivity index (χ2v) is 9.15. The molecule has 11 heteroatoms. The van der Waals surface area contributed by atoms with E-state index in [1.54, 1.807) is 15.5 Å². The highest BCUT2D eigenvalue weighted by Crippen LogP contribution is 2.36. The van der Waals surface area contributed by atoms with Crippen molar-refractivity contribution in [2.45, 2.75) is 19.1 Å². The molecule has 1 aromatic carbocycles. The predicted octanol–water partition coefficient (Wildman–Crippen LogP) is 1.92. The molecule has 0 unspecified atom stereocenters. The van der Waals surface area contributed by atoms with Crippen LogP contribution < -0.4 is 24.7 Å². The van der Waals surface area contributed by atoms with E-state index in [9.17, 15) is 9.59 Å². The Hall–Kier alpha value is -3.86. The van der Waals surface area contributed by atoms with Gasteiger partial charge in [0.25, 0.3) is 5.56 Å². The molecule has 3 aliphatic rings. The van der Waals surface area contributed by atoms with Crippen LogP contribution in [0, 0.1) is 5.92 Å². The van der Waals surface area contributed by atoms with E-state index < -0.39 is 0 Å². The third-order valence-corrected chi connectivity index (χ3v) is 7.02. The molecule has 2 atom stereocenters. The fraction of sp³-hybridized carbons (Fsp3) is 0.440. The van der Waals surface area contributed by atoms with Gasteiger partial charge < -0.3 is 18.9 Å². The van der Waals surface area contributed by atoms with Crippen molar-refractivity contribution in [2.24, 2.45) is 5.92 Å². The second kappa shape index (κ2) is 9.30. The third kappa shape index (κ3) is 4.19. The van der Waals surface area contributed by atoms with E-state index in [-0.39, 0.29) is 23.7 Å². The molecule has 3 aliphatic heterocycles. The van der Waals surface area contributed by atoms with Gasteiger partial charge in [-0.2, -0.15) is 4.98 Å². The molecule has 0 saturated carbocycles. The van der Waals surface area contributed by atoms with Crippen LogP contribution in [-0.2, 0) is 11.3 Å². The van der Waals surface area contributed by atoms with Gasteiger partial charge in [0.15, 0.2) is 17.1 Å². The van der Waals surface area contributed by atoms with Crippen LogP contribution in [0.5, 0.6) is 17.4 Å². The fourth-order valence-corrected chi connectivity index (χ4v) is 5.08. The first kappa shape index (κ1) is 22.6. The Bertz CT molecular complexity index is 1360. The molecule has 0 N–H and O–H groups in total. The molecule has 1 amide bonds. The van der Waals surface area contributed by atoms with Crippen molar-refractivity contribution in [3.05, 3.63) is 46.9 Å². The number of carbonyl (C=O) groups is 1. The zero-order valence-corrected chi connectivity index (χ0v) is 20.0. The van der Waals surface area contributed by atoms with Crippen LogP contribution in [0.25, 0.3) is 11.2 Å². The Kier molecular flexibility index (Phi) is 5.84. The van der Waals surface area contributed by atoms with E-state index in [4.69, 9.17) is 18.9 Å². The van der Waals surface area contributed by atoms with E-state index >= 15 is 0 Å². The van der Waals surface area contributed by atoms with Crippen LogP contribution in [0.1, 0.15) is 6.42 Å². The van der Waals surface area contributed by atoms with Crippen molar-refractivity contribution in [3.8, 4) is 17.4 Å². The molecule has 5 heterocycles. The zero-order chi connectivity index (χ0) is 24.6. The van der Waals surface area contributed by atoms with Gasteiger partial charge in [-0.3, -0.25) is 19.2 Å². The van der Waals surface area contributed by atoms with E-state index in [2.05, 4.69) is 14.9 Å². The van der Waals surface area contributed by atoms with Crippen LogP contribution in [0.4, 0.5) is 10.5 Å². The van der Waals surface area contributed by atoms with Gasteiger partial charge in [-0.05, 0) is 31.2 Å². The summed E-state index contributed by atoms with van der Waals surface area (Å²) in [5.41, 5.74) is 1.74. The number of likely N-dealkylation sites (tertiary alicyclic amines) is 1. The fourth-order valence-electron chi connectivity index (χ4n) is 5.08. The number of aromatic nitrogens is 3. The summed E-state index contributed by atoms with van der Waals surface area (Å²) >= 11 is 0. The molecule has 0 spiro atoms. The topological polar surface area (TPSA) is 108 Å². The zero-order valence-electron chi connectivity index (χ0n) is 20.0. The first-order valence-electron chi connectivity index (χ1n) is 12.1. The van der Waals surface area contributed by atoms with Crippen molar-refractivity contribution in [1.82, 2.24) is 19.4 Å². The van der Waals surface area contributed by atoms with E-state index in [0.29, 0.717) is 67.9 Å². The standard InChI is InChI=1S/C25H27N5O6/c1-33-22-13-26-18-3-5-23(31)29(24(18)27-22)9-8-28-7-6-16-14-30(25(32)36-21(16)15-28)17-2-4-19-20(12-17)35-11-10-34-19/h2-5,12-13,16,21H,6-11,14-15H2,1H3/t16-,21+/m1/s1. The Labute approximate surface area is 207 Å². The van der Waals surface area contributed by atoms with Gasteiger partial charge in [0.05, 0.1) is 19.0 Å². The lowest BCUT2D eigenvalue weighted by Gasteiger charge is -2.44. The Morgan fingerprint density at radius 2 is 1.92 bits per heavy atom. The molecule has 188 valence electrons. The summed E-state index contributed by atoms with van der Waals surface area (Å²) in [4.78, 5) is 38.1. The number of hydrogen-bond donors (Lipinski definition) is 0. The minimum Gasteiger partial charge on any atom is -0.486 e. The molecule has 0 aliphatic carbocycles. The van der Waals surface area contributed by atoms with Gasteiger partial charge in [-0.1, -0.05) is 0 Å². The maximum Gasteiger partial charge on any atom is 0.414 e. The van der Waals surface area contributed by atoms with Crippen molar-refractivity contribution in [1.29, 1.82) is 0 Å². The Balaban J connectivity index is 1.12. The molecule has 3 aromatic rings. The molecule has 11 nitrogen and oxygen atoms in total. The third-order valence-electron chi connectivity index (χ3n) is 7.02. The molecular formula is C25H27N5O6. The molecule has 0 bridgehead atoms. The van der Waals surface area contributed by atoms with Gasteiger partial charge in [-0.15, -0.1) is 0 Å². The summed E-state index contributed by atoms with van der Waals surface area (Å²) < 4.78 is 23.9. The molecule has 2 saturated heterocycles. The summed E-state index contributed by atoms with van der Waals surface area (Å²) in [5, 5.41) is 0. The lowest BCUT2D eigenvalue weighted by Crippen LogP contribution is -2.56. The summed E-state index contributed by atoms with van der Waals surface area (Å²) in [6.45, 7) is 4.16. The highest BCUT2D eigenvalue weighted by molar-refractivity contribution is 5.89. The van der Waals surface area contributed by atoms with Crippen LogP contribution in [0.2, 0.25) is 0 Å². The summed E-state index contributed by atoms with van der Waals surface area (Å²) in [7, 11) is 1.52. The van der Waals surface area contributed by atoms with Gasteiger partial charge in [-0.25, -0.2) is 9.78 Å². The Morgan fingerprint density at radius 1 is 1.06 bits per heavy atom. The number of methoxy groups -OCH3 is 1. The van der Waals surface area contributed by atoms with Crippen LogP contribution in [0.15, 0.2) is 41.3 Å². The smallest absolute Gasteiger partial charge is 0.414 e. The van der Waals surface area contributed by atoms with Crippen molar-refractivity contribution in [2.75, 3.05) is 51.4 Å². The molecule has 2 fully saturated rings. The quantitative estimate of drug-likeness (QED) is 0.527. The number of hydrogen-bond acceptors (Lipinski definition) is 9. The number of ether oxygens (including phenoxy) is 4. The van der Waals surface area contributed by atoms with Gasteiger partial charge in [0.1, 0.15) is 24.8 Å². The van der Waals surface area contributed by atoms with Crippen molar-refractivity contribution in [3.63, 3.8) is 0 Å². The van der Waals surface area contributed by atoms with Gasteiger partial charge >= 0.3 is 6.09 Å². The van der Waals surface area contributed by atoms with Gasteiger partial charge in [0.2, 0.25) is 5.88 Å². The largest absolute Gasteiger partial charge is 0.486 e. The maximum atomic E-state index is 12.9. The summed E-state index contributed by atoms with van der Waals surface area (Å²) in [6, 6.07) is 8.71. The summed E-state index contributed by atoms with van der Waals surface area (Å²) in [6.07, 6.45) is 1.87. The number of fused-ring (bicyclic) bond motifs is 3. The number of carbonyl (C=O) groups excluding carboxylic acids is 1. The highest BCUT2D eigenvalue weighted by Gasteiger charge is 2.40. The first-order chi connectivity index (χ1) is 17.6. The average molecular weight is 494 g/mol. The number of nitrogens with zero attached hydrogens (tertiary/aromatic N) is 5. The van der Waals surface area contributed by atoms with E-state index in [1.807, 2.05) is 18.2 Å². The molecule has 6 rings (SSSR count). The van der Waals surface area contributed by atoms with Gasteiger partial charge in [0, 0.05) is 44.2 Å². The number of amides is 1. The average Bonchev–Trinajstić information content (AvgIpc) is 2.91. The van der Waals surface area contributed by atoms with E-state index in [1.165, 1.54) is 19.4 Å². The number of benzene rings is 1. The van der Waals surface area contributed by atoms with E-state index in [0.717, 1.165) is 18.7 Å². The summed E-state index contributed by atoms with van der Waals surface area (Å²) in [5.74, 6) is 1.92. The van der Waals surface area contributed by atoms with Crippen molar-refractivity contribution >= 4 is 22.9 Å².